The van der Waals surface area contributed by atoms with Crippen LogP contribution in [0, 0.1) is 23.7 Å². The van der Waals surface area contributed by atoms with Gasteiger partial charge < -0.3 is 41.1 Å². The molecule has 1 saturated heterocycles. The molecule has 8 atom stereocenters. The zero-order valence-electron chi connectivity index (χ0n) is 30.3. The van der Waals surface area contributed by atoms with Crippen molar-refractivity contribution < 1.29 is 43.7 Å². The molecule has 1 aliphatic rings. The number of aliphatic hydroxyl groups excluding tert-OH is 2. The van der Waals surface area contributed by atoms with E-state index in [0.29, 0.717) is 12.8 Å². The Kier molecular flexibility index (Phi) is 18.7. The highest BCUT2D eigenvalue weighted by molar-refractivity contribution is 5.96. The topological polar surface area (TPSA) is 203 Å². The van der Waals surface area contributed by atoms with E-state index in [0.717, 1.165) is 25.7 Å². The molecule has 1 aliphatic heterocycles. The highest BCUT2D eigenvalue weighted by atomic mass is 16.5. The molecular formula is C34H61N5O9. The summed E-state index contributed by atoms with van der Waals surface area (Å²) < 4.78 is 5.85. The third kappa shape index (κ3) is 13.0. The van der Waals surface area contributed by atoms with Gasteiger partial charge >= 0.3 is 5.97 Å². The molecular weight excluding hydrogens is 622 g/mol. The lowest BCUT2D eigenvalue weighted by molar-refractivity contribution is -0.158. The van der Waals surface area contributed by atoms with Gasteiger partial charge in [0, 0.05) is 7.05 Å². The number of likely N-dealkylation sites (N-methyl/N-ethyl adjacent to an activating group) is 1. The van der Waals surface area contributed by atoms with Gasteiger partial charge in [-0.15, -0.1) is 0 Å². The third-order valence-corrected chi connectivity index (χ3v) is 9.08. The number of amides is 5. The number of nitrogens with zero attached hydrogens (tertiary/aromatic N) is 1. The fourth-order valence-corrected chi connectivity index (χ4v) is 5.95. The molecule has 276 valence electrons. The van der Waals surface area contributed by atoms with Crippen LogP contribution in [0.25, 0.3) is 0 Å². The quantitative estimate of drug-likeness (QED) is 0.162. The number of carbonyl (C=O) groups is 6. The summed E-state index contributed by atoms with van der Waals surface area (Å²) in [6, 6.07) is -5.17. The van der Waals surface area contributed by atoms with Crippen molar-refractivity contribution in [1.82, 2.24) is 26.2 Å². The summed E-state index contributed by atoms with van der Waals surface area (Å²) in [6.07, 6.45) is 2.39. The van der Waals surface area contributed by atoms with Gasteiger partial charge in [-0.2, -0.15) is 0 Å². The minimum Gasteiger partial charge on any atom is -0.460 e. The average Bonchev–Trinajstić information content (AvgIpc) is 3.03. The molecule has 0 unspecified atom stereocenters. The maximum absolute atomic E-state index is 14.1. The first-order valence-corrected chi connectivity index (χ1v) is 17.5. The van der Waals surface area contributed by atoms with Gasteiger partial charge in [-0.3, -0.25) is 28.8 Å². The van der Waals surface area contributed by atoms with Gasteiger partial charge in [0.2, 0.25) is 29.5 Å². The zero-order chi connectivity index (χ0) is 36.7. The Morgan fingerprint density at radius 1 is 0.833 bits per heavy atom. The standard InChI is InChI=1S/C34H61N5O9/c1-10-13-23(14-11-2)16-26-21(7)34(47)39(9)25(15-19(4)5)31(44)37-28(20(6)12-3)33(46)36-24(18-40)30(43)38-29(22(8)41)32(45)35-17-27(42)48-26/h19-26,28-29,40-41H,10-18H2,1-9H3,(H,35,45)(H,36,46)(H,37,44)(H,38,43)/t20-,21-,22+,24+,25+,26-,28+,29+/m1/s1. The minimum absolute atomic E-state index is 0.0103. The molecule has 1 heterocycles. The number of carbonyl (C=O) groups excluding carboxylic acids is 6. The number of hydrogen-bond donors (Lipinski definition) is 6. The molecule has 0 aromatic rings. The van der Waals surface area contributed by atoms with Crippen LogP contribution in [0.4, 0.5) is 0 Å². The van der Waals surface area contributed by atoms with E-state index in [2.05, 4.69) is 35.1 Å². The van der Waals surface area contributed by atoms with Crippen LogP contribution in [0.5, 0.6) is 0 Å². The van der Waals surface area contributed by atoms with Crippen LogP contribution in [-0.4, -0.2) is 107 Å². The van der Waals surface area contributed by atoms with Crippen molar-refractivity contribution in [3.8, 4) is 0 Å². The summed E-state index contributed by atoms with van der Waals surface area (Å²) in [4.78, 5) is 82.1. The van der Waals surface area contributed by atoms with Crippen molar-refractivity contribution in [2.75, 3.05) is 20.2 Å². The van der Waals surface area contributed by atoms with Crippen molar-refractivity contribution >= 4 is 35.5 Å². The van der Waals surface area contributed by atoms with Crippen LogP contribution in [0.2, 0.25) is 0 Å². The molecule has 1 rings (SSSR count). The van der Waals surface area contributed by atoms with Crippen LogP contribution in [0.1, 0.15) is 100 Å². The van der Waals surface area contributed by atoms with Crippen LogP contribution in [0.15, 0.2) is 0 Å². The molecule has 14 heteroatoms. The van der Waals surface area contributed by atoms with E-state index in [1.54, 1.807) is 13.8 Å². The maximum Gasteiger partial charge on any atom is 0.325 e. The molecule has 14 nitrogen and oxygen atoms in total. The van der Waals surface area contributed by atoms with Gasteiger partial charge in [0.1, 0.15) is 36.8 Å². The summed E-state index contributed by atoms with van der Waals surface area (Å²) in [6.45, 7) is 13.0. The number of aliphatic hydroxyl groups is 2. The number of cyclic esters (lactones) is 1. The molecule has 0 aromatic heterocycles. The first-order valence-electron chi connectivity index (χ1n) is 17.5. The summed E-state index contributed by atoms with van der Waals surface area (Å²) >= 11 is 0. The maximum atomic E-state index is 14.1. The van der Waals surface area contributed by atoms with E-state index in [1.165, 1.54) is 18.9 Å². The zero-order valence-corrected chi connectivity index (χ0v) is 30.3. The lowest BCUT2D eigenvalue weighted by Crippen LogP contribution is -2.61. The highest BCUT2D eigenvalue weighted by Gasteiger charge is 2.39. The van der Waals surface area contributed by atoms with Gasteiger partial charge in [0.25, 0.3) is 0 Å². The van der Waals surface area contributed by atoms with E-state index >= 15 is 0 Å². The molecule has 0 aliphatic carbocycles. The van der Waals surface area contributed by atoms with Crippen molar-refractivity contribution in [3.63, 3.8) is 0 Å². The number of ether oxygens (including phenoxy) is 1. The third-order valence-electron chi connectivity index (χ3n) is 9.08. The van der Waals surface area contributed by atoms with Gasteiger partial charge in [0.05, 0.1) is 18.6 Å². The number of nitrogens with one attached hydrogen (secondary N) is 4. The molecule has 0 spiro atoms. The SMILES string of the molecule is CCCC(CCC)C[C@H]1OC(=O)CNC(=O)[C@H]([C@H](C)O)NC(=O)[C@H](CO)NC(=O)[C@H]([C@H](C)CC)NC(=O)[C@H](CC(C)C)N(C)C(=O)[C@@H]1C. The van der Waals surface area contributed by atoms with Crippen molar-refractivity contribution in [1.29, 1.82) is 0 Å². The van der Waals surface area contributed by atoms with E-state index in [9.17, 15) is 39.0 Å². The predicted octanol–water partition coefficient (Wildman–Crippen LogP) is 1.02. The number of hydrogen-bond acceptors (Lipinski definition) is 9. The Labute approximate surface area is 285 Å². The Morgan fingerprint density at radius 2 is 1.42 bits per heavy atom. The van der Waals surface area contributed by atoms with E-state index in [-0.39, 0.29) is 18.3 Å². The summed E-state index contributed by atoms with van der Waals surface area (Å²) in [5.74, 6) is -5.51. The minimum atomic E-state index is -1.54. The molecule has 1 fully saturated rings. The lowest BCUT2D eigenvalue weighted by atomic mass is 9.87. The molecule has 6 N–H and O–H groups in total. The van der Waals surface area contributed by atoms with Crippen LogP contribution < -0.4 is 21.3 Å². The second kappa shape index (κ2) is 21.0. The Hall–Kier alpha value is -3.26. The fraction of sp³-hybridized carbons (Fsp3) is 0.824. The van der Waals surface area contributed by atoms with E-state index in [1.807, 2.05) is 20.8 Å². The molecule has 0 bridgehead atoms. The normalized spacial score (nSPS) is 27.2. The summed E-state index contributed by atoms with van der Waals surface area (Å²) in [7, 11) is 1.52. The van der Waals surface area contributed by atoms with Gasteiger partial charge in [-0.05, 0) is 37.5 Å². The average molecular weight is 684 g/mol. The smallest absolute Gasteiger partial charge is 0.325 e. The van der Waals surface area contributed by atoms with Crippen LogP contribution in [-0.2, 0) is 33.5 Å². The molecule has 0 saturated carbocycles. The second-order valence-corrected chi connectivity index (χ2v) is 13.7. The molecule has 5 amide bonds. The predicted molar refractivity (Wildman–Crippen MR) is 180 cm³/mol. The molecule has 0 radical (unpaired) electrons. The van der Waals surface area contributed by atoms with E-state index < -0.39 is 96.9 Å². The lowest BCUT2D eigenvalue weighted by Gasteiger charge is -2.35. The number of esters is 1. The van der Waals surface area contributed by atoms with E-state index in [4.69, 9.17) is 4.74 Å². The van der Waals surface area contributed by atoms with Gasteiger partial charge in [-0.25, -0.2) is 0 Å². The van der Waals surface area contributed by atoms with Crippen molar-refractivity contribution in [2.45, 2.75) is 137 Å². The van der Waals surface area contributed by atoms with Gasteiger partial charge in [0.15, 0.2) is 0 Å². The Morgan fingerprint density at radius 3 is 1.92 bits per heavy atom. The van der Waals surface area contributed by atoms with Crippen LogP contribution >= 0.6 is 0 Å². The highest BCUT2D eigenvalue weighted by Crippen LogP contribution is 2.27. The Balaban J connectivity index is 3.72. The fourth-order valence-electron chi connectivity index (χ4n) is 5.95. The van der Waals surface area contributed by atoms with Crippen LogP contribution in [0.3, 0.4) is 0 Å². The summed E-state index contributed by atoms with van der Waals surface area (Å²) in [5, 5.41) is 30.2. The second-order valence-electron chi connectivity index (χ2n) is 13.7. The largest absolute Gasteiger partial charge is 0.460 e. The first-order chi connectivity index (χ1) is 22.5. The first kappa shape index (κ1) is 42.8. The van der Waals surface area contributed by atoms with Crippen molar-refractivity contribution in [3.05, 3.63) is 0 Å². The van der Waals surface area contributed by atoms with Gasteiger partial charge in [-0.1, -0.05) is 80.6 Å². The molecule has 48 heavy (non-hydrogen) atoms. The van der Waals surface area contributed by atoms with Crippen molar-refractivity contribution in [2.24, 2.45) is 23.7 Å². The Bertz CT molecular complexity index is 1080. The molecule has 0 aromatic carbocycles. The summed E-state index contributed by atoms with van der Waals surface area (Å²) in [5.41, 5.74) is 0. The monoisotopic (exact) mass is 683 g/mol. The number of rotatable bonds is 12.